The number of carbonyl (C=O) groups excluding carboxylic acids is 1. The predicted octanol–water partition coefficient (Wildman–Crippen LogP) is 4.25. The van der Waals surface area contributed by atoms with Gasteiger partial charge in [0.05, 0.1) is 5.88 Å². The Morgan fingerprint density at radius 3 is 2.42 bits per heavy atom. The molecule has 0 radical (unpaired) electrons. The lowest BCUT2D eigenvalue weighted by molar-refractivity contribution is -0.130. The third-order valence-electron chi connectivity index (χ3n) is 3.04. The van der Waals surface area contributed by atoms with Gasteiger partial charge in [-0.2, -0.15) is 0 Å². The van der Waals surface area contributed by atoms with Crippen molar-refractivity contribution < 1.29 is 9.53 Å². The summed E-state index contributed by atoms with van der Waals surface area (Å²) in [5, 5.41) is 0. The molecule has 0 aliphatic heterocycles. The van der Waals surface area contributed by atoms with E-state index in [4.69, 9.17) is 16.3 Å². The average molecular weight is 284 g/mol. The van der Waals surface area contributed by atoms with Crippen LogP contribution in [0, 0.1) is 13.8 Å². The highest BCUT2D eigenvalue weighted by Crippen LogP contribution is 2.32. The van der Waals surface area contributed by atoms with Crippen molar-refractivity contribution >= 4 is 17.6 Å². The molecule has 1 aromatic carbocycles. The number of carbonyl (C=O) groups is 1. The van der Waals surface area contributed by atoms with Crippen LogP contribution in [0.4, 0.5) is 0 Å². The molecule has 0 saturated carbocycles. The highest BCUT2D eigenvalue weighted by Gasteiger charge is 2.16. The molecular formula is C15H22ClNO2. The molecular weight excluding hydrogens is 262 g/mol. The number of ether oxygens (including phenoxy) is 1. The molecule has 19 heavy (non-hydrogen) atoms. The summed E-state index contributed by atoms with van der Waals surface area (Å²) in [5.74, 6) is 0.523. The largest absolute Gasteiger partial charge is 0.423 e. The number of aryl methyl sites for hydroxylation is 1. The summed E-state index contributed by atoms with van der Waals surface area (Å²) in [4.78, 5) is 11.7. The zero-order valence-corrected chi connectivity index (χ0v) is 12.9. The molecule has 4 heteroatoms. The molecule has 0 atom stereocenters. The van der Waals surface area contributed by atoms with Crippen molar-refractivity contribution in [3.8, 4) is 5.75 Å². The minimum Gasteiger partial charge on any atom is -0.423 e. The van der Waals surface area contributed by atoms with E-state index in [2.05, 4.69) is 6.58 Å². The van der Waals surface area contributed by atoms with Gasteiger partial charge in [0, 0.05) is 11.1 Å². The topological polar surface area (TPSA) is 61.3 Å². The lowest BCUT2D eigenvalue weighted by atomic mass is 9.97. The molecule has 0 unspecified atom stereocenters. The van der Waals surface area contributed by atoms with Gasteiger partial charge in [-0.25, -0.2) is 4.79 Å². The van der Waals surface area contributed by atoms with Gasteiger partial charge in [-0.05, 0) is 43.9 Å². The van der Waals surface area contributed by atoms with Gasteiger partial charge < -0.3 is 10.9 Å². The van der Waals surface area contributed by atoms with E-state index in [0.717, 1.165) is 28.7 Å². The minimum atomic E-state index is -0.403. The van der Waals surface area contributed by atoms with Crippen molar-refractivity contribution in [1.29, 1.82) is 0 Å². The number of hydrogen-bond donors (Lipinski definition) is 1. The summed E-state index contributed by atoms with van der Waals surface area (Å²) in [7, 11) is 0. The van der Waals surface area contributed by atoms with Crippen LogP contribution in [0.15, 0.2) is 18.2 Å². The smallest absolute Gasteiger partial charge is 0.338 e. The summed E-state index contributed by atoms with van der Waals surface area (Å²) in [6.07, 6.45) is 0.802. The summed E-state index contributed by atoms with van der Waals surface area (Å²) < 4.78 is 5.43. The maximum Gasteiger partial charge on any atom is 0.338 e. The number of benzene rings is 1. The summed E-state index contributed by atoms with van der Waals surface area (Å²) in [6, 6.07) is 1.97. The van der Waals surface area contributed by atoms with Crippen LogP contribution in [0.5, 0.6) is 5.75 Å². The normalized spacial score (nSPS) is 9.74. The maximum absolute atomic E-state index is 11.7. The van der Waals surface area contributed by atoms with Crippen LogP contribution in [0.2, 0.25) is 0 Å². The van der Waals surface area contributed by atoms with Crippen LogP contribution < -0.4 is 10.9 Å². The molecule has 0 saturated heterocycles. The first-order valence-corrected chi connectivity index (χ1v) is 6.51. The van der Waals surface area contributed by atoms with Gasteiger partial charge in [-0.3, -0.25) is 0 Å². The molecule has 0 aliphatic rings. The van der Waals surface area contributed by atoms with Gasteiger partial charge in [-0.1, -0.05) is 19.6 Å². The Morgan fingerprint density at radius 2 is 2.00 bits per heavy atom. The first kappa shape index (κ1) is 17.7. The first-order valence-electron chi connectivity index (χ1n) is 5.97. The lowest BCUT2D eigenvalue weighted by Crippen LogP contribution is -2.12. The molecule has 0 amide bonds. The summed E-state index contributed by atoms with van der Waals surface area (Å²) in [6.45, 7) is 11.3. The maximum atomic E-state index is 11.7. The highest BCUT2D eigenvalue weighted by atomic mass is 35.5. The molecule has 0 fully saturated rings. The van der Waals surface area contributed by atoms with Crippen LogP contribution in [-0.2, 0) is 17.1 Å². The zero-order valence-electron chi connectivity index (χ0n) is 12.1. The predicted molar refractivity (Wildman–Crippen MR) is 80.3 cm³/mol. The standard InChI is InChI=1S/C15H19ClO2.H3N/c1-6-13-11(5)10(4)7-12(8-16)14(13)18-15(17)9(2)3;/h7H,2,6,8H2,1,3-5H3;1H3. The van der Waals surface area contributed by atoms with E-state index in [1.165, 1.54) is 0 Å². The molecule has 1 rings (SSSR count). The Morgan fingerprint density at radius 1 is 1.42 bits per heavy atom. The van der Waals surface area contributed by atoms with Crippen LogP contribution in [-0.4, -0.2) is 5.97 Å². The van der Waals surface area contributed by atoms with Crippen LogP contribution in [0.25, 0.3) is 0 Å². The fraction of sp³-hybridized carbons (Fsp3) is 0.400. The van der Waals surface area contributed by atoms with Gasteiger partial charge in [0.25, 0.3) is 0 Å². The van der Waals surface area contributed by atoms with E-state index >= 15 is 0 Å². The first-order chi connectivity index (χ1) is 8.42. The monoisotopic (exact) mass is 283 g/mol. The van der Waals surface area contributed by atoms with Gasteiger partial charge in [-0.15, -0.1) is 11.6 Å². The molecule has 0 spiro atoms. The fourth-order valence-corrected chi connectivity index (χ4v) is 2.07. The number of hydrogen-bond acceptors (Lipinski definition) is 3. The van der Waals surface area contributed by atoms with Crippen molar-refractivity contribution in [2.24, 2.45) is 0 Å². The Kier molecular flexibility index (Phi) is 6.81. The Bertz CT molecular complexity index is 495. The van der Waals surface area contributed by atoms with Gasteiger partial charge in [0.15, 0.2) is 0 Å². The molecule has 0 heterocycles. The second kappa shape index (κ2) is 7.31. The van der Waals surface area contributed by atoms with E-state index in [9.17, 15) is 4.79 Å². The summed E-state index contributed by atoms with van der Waals surface area (Å²) >= 11 is 5.93. The number of esters is 1. The fourth-order valence-electron chi connectivity index (χ4n) is 1.87. The highest BCUT2D eigenvalue weighted by molar-refractivity contribution is 6.17. The van der Waals surface area contributed by atoms with Gasteiger partial charge >= 0.3 is 5.97 Å². The average Bonchev–Trinajstić information content (AvgIpc) is 2.33. The Hall–Kier alpha value is -1.32. The lowest BCUT2D eigenvalue weighted by Gasteiger charge is -2.17. The minimum absolute atomic E-state index is 0. The van der Waals surface area contributed by atoms with Crippen molar-refractivity contribution in [2.45, 2.75) is 40.0 Å². The van der Waals surface area contributed by atoms with Crippen LogP contribution >= 0.6 is 11.6 Å². The van der Waals surface area contributed by atoms with Crippen LogP contribution in [0.3, 0.4) is 0 Å². The quantitative estimate of drug-likeness (QED) is 0.389. The molecule has 1 aromatic rings. The van der Waals surface area contributed by atoms with E-state index in [1.807, 2.05) is 26.8 Å². The second-order valence-electron chi connectivity index (χ2n) is 4.44. The third kappa shape index (κ3) is 3.82. The van der Waals surface area contributed by atoms with Gasteiger partial charge in [0.2, 0.25) is 0 Å². The van der Waals surface area contributed by atoms with Crippen LogP contribution in [0.1, 0.15) is 36.1 Å². The van der Waals surface area contributed by atoms with E-state index < -0.39 is 5.97 Å². The van der Waals surface area contributed by atoms with Crippen molar-refractivity contribution in [3.05, 3.63) is 40.5 Å². The SMILES string of the molecule is C=C(C)C(=O)Oc1c(CCl)cc(C)c(C)c1CC.N. The molecule has 0 aliphatic carbocycles. The van der Waals surface area contributed by atoms with Gasteiger partial charge in [0.1, 0.15) is 5.75 Å². The van der Waals surface area contributed by atoms with Crippen molar-refractivity contribution in [3.63, 3.8) is 0 Å². The molecule has 106 valence electrons. The summed E-state index contributed by atoms with van der Waals surface area (Å²) in [5.41, 5.74) is 4.59. The van der Waals surface area contributed by atoms with Crippen molar-refractivity contribution in [1.82, 2.24) is 6.15 Å². The Labute approximate surface area is 120 Å². The zero-order chi connectivity index (χ0) is 13.9. The molecule has 0 aromatic heterocycles. The second-order valence-corrected chi connectivity index (χ2v) is 4.71. The van der Waals surface area contributed by atoms with E-state index in [-0.39, 0.29) is 6.15 Å². The Balaban J connectivity index is 0.00000324. The molecule has 3 N–H and O–H groups in total. The number of halogens is 1. The van der Waals surface area contributed by atoms with Crippen molar-refractivity contribution in [2.75, 3.05) is 0 Å². The van der Waals surface area contributed by atoms with E-state index in [0.29, 0.717) is 17.2 Å². The molecule has 3 nitrogen and oxygen atoms in total. The number of alkyl halides is 1. The third-order valence-corrected chi connectivity index (χ3v) is 3.33. The number of rotatable bonds is 4. The van der Waals surface area contributed by atoms with E-state index in [1.54, 1.807) is 6.92 Å². The molecule has 0 bridgehead atoms.